The van der Waals surface area contributed by atoms with Crippen LogP contribution >= 0.6 is 0 Å². The number of aryl methyl sites for hydroxylation is 1. The van der Waals surface area contributed by atoms with Crippen LogP contribution in [0.5, 0.6) is 0 Å². The maximum absolute atomic E-state index is 12.7. The van der Waals surface area contributed by atoms with Crippen LogP contribution in [0.3, 0.4) is 0 Å². The minimum absolute atomic E-state index is 0.00561. The average Bonchev–Trinajstić information content (AvgIpc) is 3.41. The molecule has 0 spiro atoms. The lowest BCUT2D eigenvalue weighted by Gasteiger charge is -2.18. The fourth-order valence-electron chi connectivity index (χ4n) is 3.69. The molecule has 0 saturated carbocycles. The van der Waals surface area contributed by atoms with E-state index in [-0.39, 0.29) is 5.91 Å². The first-order chi connectivity index (χ1) is 14.2. The van der Waals surface area contributed by atoms with Crippen LogP contribution in [-0.2, 0) is 19.4 Å². The first-order valence-electron chi connectivity index (χ1n) is 10.3. The van der Waals surface area contributed by atoms with Gasteiger partial charge in [0, 0.05) is 62.4 Å². The summed E-state index contributed by atoms with van der Waals surface area (Å²) < 4.78 is 5.45. The average molecular weight is 393 g/mol. The molecule has 1 amide bonds. The third-order valence-corrected chi connectivity index (χ3v) is 5.40. The molecule has 2 aromatic heterocycles. The fourth-order valence-corrected chi connectivity index (χ4v) is 3.69. The molecule has 4 rings (SSSR count). The summed E-state index contributed by atoms with van der Waals surface area (Å²) in [5.41, 5.74) is 4.61. The summed E-state index contributed by atoms with van der Waals surface area (Å²) in [6, 6.07) is 12.1. The van der Waals surface area contributed by atoms with E-state index in [9.17, 15) is 4.79 Å². The predicted octanol–water partition coefficient (Wildman–Crippen LogP) is 3.20. The smallest absolute Gasteiger partial charge is 0.274 e. The van der Waals surface area contributed by atoms with E-state index in [4.69, 9.17) is 4.52 Å². The van der Waals surface area contributed by atoms with Crippen molar-refractivity contribution >= 4 is 5.91 Å². The number of rotatable bonds is 8. The van der Waals surface area contributed by atoms with Crippen molar-refractivity contribution in [2.75, 3.05) is 20.1 Å². The Labute approximate surface area is 170 Å². The highest BCUT2D eigenvalue weighted by molar-refractivity contribution is 5.93. The van der Waals surface area contributed by atoms with Crippen molar-refractivity contribution in [3.63, 3.8) is 0 Å². The first kappa shape index (κ1) is 19.4. The van der Waals surface area contributed by atoms with Gasteiger partial charge in [0.1, 0.15) is 11.5 Å². The van der Waals surface area contributed by atoms with Gasteiger partial charge in [-0.15, -0.1) is 0 Å². The summed E-state index contributed by atoms with van der Waals surface area (Å²) in [5.74, 6) is 0.901. The molecular weight excluding hydrogens is 366 g/mol. The highest BCUT2D eigenvalue weighted by atomic mass is 16.5. The standard InChI is InChI=1S/C22H27N5O2/c1-27(22(28)21-18-15-23-12-11-19(18)24-25-21)13-7-3-6-10-17-14-20(26-29-17)16-8-4-2-5-9-16/h2,4-5,8-9,14,23H,3,6-7,10-13,15H2,1H3,(H,24,25). The predicted molar refractivity (Wildman–Crippen MR) is 110 cm³/mol. The molecule has 0 unspecified atom stereocenters. The minimum atomic E-state index is -0.00561. The number of unbranched alkanes of at least 4 members (excludes halogenated alkanes) is 2. The van der Waals surface area contributed by atoms with E-state index >= 15 is 0 Å². The summed E-state index contributed by atoms with van der Waals surface area (Å²) in [7, 11) is 1.85. The molecule has 1 aromatic carbocycles. The number of aromatic amines is 1. The largest absolute Gasteiger partial charge is 0.361 e. The van der Waals surface area contributed by atoms with E-state index in [1.165, 1.54) is 0 Å². The van der Waals surface area contributed by atoms with Gasteiger partial charge in [0.15, 0.2) is 5.69 Å². The normalized spacial score (nSPS) is 13.3. The highest BCUT2D eigenvalue weighted by Gasteiger charge is 2.23. The van der Waals surface area contributed by atoms with Crippen molar-refractivity contribution in [1.29, 1.82) is 0 Å². The molecule has 29 heavy (non-hydrogen) atoms. The van der Waals surface area contributed by atoms with E-state index < -0.39 is 0 Å². The second kappa shape index (κ2) is 9.05. The Morgan fingerprint density at radius 2 is 2.07 bits per heavy atom. The fraction of sp³-hybridized carbons (Fsp3) is 0.409. The topological polar surface area (TPSA) is 87.1 Å². The Morgan fingerprint density at radius 3 is 2.93 bits per heavy atom. The third kappa shape index (κ3) is 4.56. The van der Waals surface area contributed by atoms with Crippen LogP contribution in [0.25, 0.3) is 11.3 Å². The second-order valence-electron chi connectivity index (χ2n) is 7.54. The van der Waals surface area contributed by atoms with Crippen molar-refractivity contribution in [2.45, 2.75) is 38.6 Å². The molecule has 0 saturated heterocycles. The van der Waals surface area contributed by atoms with Crippen LogP contribution in [0.4, 0.5) is 0 Å². The maximum Gasteiger partial charge on any atom is 0.274 e. The summed E-state index contributed by atoms with van der Waals surface area (Å²) in [5, 5.41) is 14.7. The van der Waals surface area contributed by atoms with Crippen LogP contribution < -0.4 is 5.32 Å². The molecule has 3 aromatic rings. The SMILES string of the molecule is CN(CCCCCc1cc(-c2ccccc2)no1)C(=O)c1n[nH]c2c1CNCC2. The molecular formula is C22H27N5O2. The van der Waals surface area contributed by atoms with E-state index in [1.54, 1.807) is 4.90 Å². The number of aromatic nitrogens is 3. The van der Waals surface area contributed by atoms with Gasteiger partial charge in [0.2, 0.25) is 0 Å². The molecule has 0 atom stereocenters. The minimum Gasteiger partial charge on any atom is -0.361 e. The second-order valence-corrected chi connectivity index (χ2v) is 7.54. The monoisotopic (exact) mass is 393 g/mol. The molecule has 0 fully saturated rings. The van der Waals surface area contributed by atoms with E-state index in [1.807, 2.05) is 43.4 Å². The molecule has 7 heteroatoms. The van der Waals surface area contributed by atoms with Crippen LogP contribution in [0.2, 0.25) is 0 Å². The van der Waals surface area contributed by atoms with Crippen molar-refractivity contribution in [3.8, 4) is 11.3 Å². The Balaban J connectivity index is 1.20. The number of fused-ring (bicyclic) bond motifs is 1. The number of nitrogens with one attached hydrogen (secondary N) is 2. The lowest BCUT2D eigenvalue weighted by molar-refractivity contribution is 0.0785. The van der Waals surface area contributed by atoms with Crippen LogP contribution in [0.15, 0.2) is 40.9 Å². The van der Waals surface area contributed by atoms with Gasteiger partial charge in [-0.05, 0) is 12.8 Å². The van der Waals surface area contributed by atoms with Crippen molar-refractivity contribution < 1.29 is 9.32 Å². The molecule has 0 aliphatic carbocycles. The third-order valence-electron chi connectivity index (χ3n) is 5.40. The molecule has 0 bridgehead atoms. The number of amides is 1. The first-order valence-corrected chi connectivity index (χ1v) is 10.3. The molecule has 1 aliphatic rings. The van der Waals surface area contributed by atoms with Gasteiger partial charge in [-0.3, -0.25) is 9.89 Å². The number of benzene rings is 1. The Bertz CT molecular complexity index is 947. The maximum atomic E-state index is 12.7. The van der Waals surface area contributed by atoms with E-state index in [2.05, 4.69) is 20.7 Å². The molecule has 7 nitrogen and oxygen atoms in total. The van der Waals surface area contributed by atoms with Gasteiger partial charge in [0.05, 0.1) is 0 Å². The molecule has 0 radical (unpaired) electrons. The quantitative estimate of drug-likeness (QED) is 0.574. The van der Waals surface area contributed by atoms with Gasteiger partial charge in [-0.1, -0.05) is 41.9 Å². The van der Waals surface area contributed by atoms with Crippen molar-refractivity contribution in [1.82, 2.24) is 25.6 Å². The molecule has 2 N–H and O–H groups in total. The number of hydrogen-bond donors (Lipinski definition) is 2. The summed E-state index contributed by atoms with van der Waals surface area (Å²) in [4.78, 5) is 14.5. The van der Waals surface area contributed by atoms with Crippen LogP contribution in [0, 0.1) is 0 Å². The zero-order valence-corrected chi connectivity index (χ0v) is 16.8. The summed E-state index contributed by atoms with van der Waals surface area (Å²) >= 11 is 0. The van der Waals surface area contributed by atoms with E-state index in [0.29, 0.717) is 12.2 Å². The zero-order valence-electron chi connectivity index (χ0n) is 16.8. The molecule has 3 heterocycles. The number of hydrogen-bond acceptors (Lipinski definition) is 5. The summed E-state index contributed by atoms with van der Waals surface area (Å²) in [6.07, 6.45) is 4.74. The number of nitrogens with zero attached hydrogens (tertiary/aromatic N) is 3. The van der Waals surface area contributed by atoms with Gasteiger partial charge in [-0.2, -0.15) is 5.10 Å². The Hall–Kier alpha value is -2.93. The summed E-state index contributed by atoms with van der Waals surface area (Å²) in [6.45, 7) is 2.36. The van der Waals surface area contributed by atoms with Crippen molar-refractivity contribution in [2.24, 2.45) is 0 Å². The molecule has 152 valence electrons. The van der Waals surface area contributed by atoms with Gasteiger partial charge in [-0.25, -0.2) is 0 Å². The zero-order chi connectivity index (χ0) is 20.1. The molecule has 1 aliphatic heterocycles. The number of H-pyrrole nitrogens is 1. The Morgan fingerprint density at radius 1 is 1.21 bits per heavy atom. The van der Waals surface area contributed by atoms with Crippen molar-refractivity contribution in [3.05, 3.63) is 59.1 Å². The number of carbonyl (C=O) groups is 1. The van der Waals surface area contributed by atoms with Gasteiger partial charge in [0.25, 0.3) is 5.91 Å². The number of carbonyl (C=O) groups excluding carboxylic acids is 1. The van der Waals surface area contributed by atoms with E-state index in [0.717, 1.165) is 73.5 Å². The van der Waals surface area contributed by atoms with Crippen LogP contribution in [0.1, 0.15) is 46.8 Å². The van der Waals surface area contributed by atoms with Gasteiger partial charge < -0.3 is 14.7 Å². The Kier molecular flexibility index (Phi) is 6.05. The van der Waals surface area contributed by atoms with Crippen LogP contribution in [-0.4, -0.2) is 46.3 Å². The lowest BCUT2D eigenvalue weighted by Crippen LogP contribution is -2.30. The highest BCUT2D eigenvalue weighted by Crippen LogP contribution is 2.20. The lowest BCUT2D eigenvalue weighted by atomic mass is 10.1. The van der Waals surface area contributed by atoms with Gasteiger partial charge >= 0.3 is 0 Å².